The van der Waals surface area contributed by atoms with Gasteiger partial charge in [-0.25, -0.2) is 19.9 Å². The lowest BCUT2D eigenvalue weighted by Crippen LogP contribution is -2.47. The molecule has 3 heterocycles. The van der Waals surface area contributed by atoms with E-state index in [4.69, 9.17) is 9.97 Å². The second-order valence-corrected chi connectivity index (χ2v) is 8.00. The molecule has 2 aliphatic rings. The number of aryl methyl sites for hydroxylation is 2. The number of hydrogen-bond acceptors (Lipinski definition) is 6. The van der Waals surface area contributed by atoms with Crippen LogP contribution in [0.4, 0.5) is 11.6 Å². The van der Waals surface area contributed by atoms with Crippen LogP contribution < -0.4 is 9.80 Å². The molecule has 0 N–H and O–H groups in total. The van der Waals surface area contributed by atoms with Crippen molar-refractivity contribution in [3.8, 4) is 0 Å². The second-order valence-electron chi connectivity index (χ2n) is 8.00. The van der Waals surface area contributed by atoms with Gasteiger partial charge in [0.15, 0.2) is 5.82 Å². The molecule has 3 aromatic rings. The Bertz CT molecular complexity index is 991. The molecule has 0 spiro atoms. The van der Waals surface area contributed by atoms with E-state index < -0.39 is 0 Å². The van der Waals surface area contributed by atoms with Gasteiger partial charge in [-0.15, -0.1) is 0 Å². The number of para-hydroxylation sites is 2. The standard InChI is InChI=1S/C22H26N6/c1-15-13-21(24-14-23-15)28(17-7-8-17)18-9-11-27(12-10-18)22-16(2)25-19-5-3-4-6-20(19)26-22/h3-6,13-14,17-18H,7-12H2,1-2H3. The predicted octanol–water partition coefficient (Wildman–Crippen LogP) is 3.67. The van der Waals surface area contributed by atoms with Crippen LogP contribution in [0.25, 0.3) is 11.0 Å². The third-order valence-electron chi connectivity index (χ3n) is 5.87. The van der Waals surface area contributed by atoms with E-state index in [0.717, 1.165) is 60.0 Å². The van der Waals surface area contributed by atoms with Crippen LogP contribution in [0.3, 0.4) is 0 Å². The van der Waals surface area contributed by atoms with E-state index in [-0.39, 0.29) is 0 Å². The maximum atomic E-state index is 4.91. The predicted molar refractivity (Wildman–Crippen MR) is 112 cm³/mol. The fraction of sp³-hybridized carbons (Fsp3) is 0.455. The van der Waals surface area contributed by atoms with Gasteiger partial charge < -0.3 is 9.80 Å². The third kappa shape index (κ3) is 3.28. The molecule has 1 aliphatic heterocycles. The highest BCUT2D eigenvalue weighted by Crippen LogP contribution is 2.36. The average molecular weight is 374 g/mol. The highest BCUT2D eigenvalue weighted by Gasteiger charge is 2.36. The summed E-state index contributed by atoms with van der Waals surface area (Å²) in [6.45, 7) is 6.12. The minimum absolute atomic E-state index is 0.534. The number of aromatic nitrogens is 4. The van der Waals surface area contributed by atoms with Gasteiger partial charge in [0, 0.05) is 36.9 Å². The summed E-state index contributed by atoms with van der Waals surface area (Å²) in [4.78, 5) is 23.5. The first-order valence-electron chi connectivity index (χ1n) is 10.2. The molecule has 0 amide bonds. The summed E-state index contributed by atoms with van der Waals surface area (Å²) in [7, 11) is 0. The van der Waals surface area contributed by atoms with E-state index in [2.05, 4.69) is 32.8 Å². The highest BCUT2D eigenvalue weighted by molar-refractivity contribution is 5.76. The fourth-order valence-corrected chi connectivity index (χ4v) is 4.34. The number of nitrogens with zero attached hydrogens (tertiary/aromatic N) is 6. The third-order valence-corrected chi connectivity index (χ3v) is 5.87. The summed E-state index contributed by atoms with van der Waals surface area (Å²) in [5.41, 5.74) is 4.00. The summed E-state index contributed by atoms with van der Waals surface area (Å²) in [5, 5.41) is 0. The van der Waals surface area contributed by atoms with E-state index in [1.54, 1.807) is 6.33 Å². The number of rotatable bonds is 4. The molecule has 0 unspecified atom stereocenters. The zero-order valence-electron chi connectivity index (χ0n) is 16.5. The van der Waals surface area contributed by atoms with Gasteiger partial charge in [-0.05, 0) is 51.7 Å². The van der Waals surface area contributed by atoms with Gasteiger partial charge >= 0.3 is 0 Å². The van der Waals surface area contributed by atoms with Gasteiger partial charge in [0.2, 0.25) is 0 Å². The Morgan fingerprint density at radius 1 is 0.893 bits per heavy atom. The van der Waals surface area contributed by atoms with E-state index in [1.807, 2.05) is 31.2 Å². The topological polar surface area (TPSA) is 58.0 Å². The first kappa shape index (κ1) is 17.3. The van der Waals surface area contributed by atoms with Crippen molar-refractivity contribution in [2.75, 3.05) is 22.9 Å². The number of hydrogen-bond donors (Lipinski definition) is 0. The molecule has 6 heteroatoms. The van der Waals surface area contributed by atoms with E-state index in [1.165, 1.54) is 12.8 Å². The van der Waals surface area contributed by atoms with Crippen molar-refractivity contribution >= 4 is 22.7 Å². The molecular weight excluding hydrogens is 348 g/mol. The lowest BCUT2D eigenvalue weighted by atomic mass is 10.0. The van der Waals surface area contributed by atoms with Gasteiger partial charge in [-0.3, -0.25) is 0 Å². The smallest absolute Gasteiger partial charge is 0.150 e. The fourth-order valence-electron chi connectivity index (χ4n) is 4.34. The van der Waals surface area contributed by atoms with E-state index in [9.17, 15) is 0 Å². The molecule has 1 saturated carbocycles. The lowest BCUT2D eigenvalue weighted by molar-refractivity contribution is 0.457. The van der Waals surface area contributed by atoms with Crippen LogP contribution in [0, 0.1) is 13.8 Å². The quantitative estimate of drug-likeness (QED) is 0.694. The number of fused-ring (bicyclic) bond motifs is 1. The van der Waals surface area contributed by atoms with Crippen molar-refractivity contribution < 1.29 is 0 Å². The van der Waals surface area contributed by atoms with Crippen molar-refractivity contribution in [3.63, 3.8) is 0 Å². The normalized spacial score (nSPS) is 17.9. The monoisotopic (exact) mass is 374 g/mol. The van der Waals surface area contributed by atoms with Crippen molar-refractivity contribution in [2.45, 2.75) is 51.6 Å². The first-order valence-corrected chi connectivity index (χ1v) is 10.2. The average Bonchev–Trinajstić information content (AvgIpc) is 3.53. The maximum absolute atomic E-state index is 4.91. The van der Waals surface area contributed by atoms with Gasteiger partial charge in [0.1, 0.15) is 12.1 Å². The summed E-state index contributed by atoms with van der Waals surface area (Å²) in [6.07, 6.45) is 6.49. The van der Waals surface area contributed by atoms with Gasteiger partial charge in [0.05, 0.1) is 16.7 Å². The molecule has 2 aromatic heterocycles. The Hall–Kier alpha value is -2.76. The van der Waals surface area contributed by atoms with Crippen LogP contribution in [0.15, 0.2) is 36.7 Å². The van der Waals surface area contributed by atoms with E-state index >= 15 is 0 Å². The van der Waals surface area contributed by atoms with Crippen LogP contribution in [-0.2, 0) is 0 Å². The molecule has 2 fully saturated rings. The molecule has 1 saturated heterocycles. The summed E-state index contributed by atoms with van der Waals surface area (Å²) >= 11 is 0. The Labute approximate surface area is 165 Å². The summed E-state index contributed by atoms with van der Waals surface area (Å²) in [5.74, 6) is 2.13. The van der Waals surface area contributed by atoms with Crippen LogP contribution in [0.5, 0.6) is 0 Å². The Morgan fingerprint density at radius 2 is 1.57 bits per heavy atom. The Kier molecular flexibility index (Phi) is 4.34. The molecule has 5 rings (SSSR count). The molecule has 0 atom stereocenters. The van der Waals surface area contributed by atoms with Crippen LogP contribution >= 0.6 is 0 Å². The summed E-state index contributed by atoms with van der Waals surface area (Å²) in [6, 6.07) is 11.4. The number of piperidine rings is 1. The number of benzene rings is 1. The molecule has 28 heavy (non-hydrogen) atoms. The maximum Gasteiger partial charge on any atom is 0.150 e. The molecular formula is C22H26N6. The highest BCUT2D eigenvalue weighted by atomic mass is 15.3. The van der Waals surface area contributed by atoms with Crippen molar-refractivity contribution in [2.24, 2.45) is 0 Å². The first-order chi connectivity index (χ1) is 13.7. The van der Waals surface area contributed by atoms with Crippen molar-refractivity contribution in [1.82, 2.24) is 19.9 Å². The van der Waals surface area contributed by atoms with Crippen molar-refractivity contribution in [3.05, 3.63) is 48.0 Å². The lowest BCUT2D eigenvalue weighted by Gasteiger charge is -2.40. The second kappa shape index (κ2) is 7.00. The number of anilines is 2. The van der Waals surface area contributed by atoms with Crippen LogP contribution in [0.2, 0.25) is 0 Å². The molecule has 1 aliphatic carbocycles. The van der Waals surface area contributed by atoms with Gasteiger partial charge in [0.25, 0.3) is 0 Å². The van der Waals surface area contributed by atoms with Gasteiger partial charge in [-0.1, -0.05) is 12.1 Å². The molecule has 1 aromatic carbocycles. The minimum atomic E-state index is 0.534. The zero-order chi connectivity index (χ0) is 19.1. The zero-order valence-corrected chi connectivity index (χ0v) is 16.5. The molecule has 144 valence electrons. The van der Waals surface area contributed by atoms with E-state index in [0.29, 0.717) is 12.1 Å². The van der Waals surface area contributed by atoms with Gasteiger partial charge in [-0.2, -0.15) is 0 Å². The SMILES string of the molecule is Cc1cc(N(C2CC2)C2CCN(c3nc4ccccc4nc3C)CC2)ncn1. The van der Waals surface area contributed by atoms with Crippen LogP contribution in [-0.4, -0.2) is 45.1 Å². The Balaban J connectivity index is 1.35. The molecule has 0 radical (unpaired) electrons. The molecule has 6 nitrogen and oxygen atoms in total. The van der Waals surface area contributed by atoms with Crippen molar-refractivity contribution in [1.29, 1.82) is 0 Å². The Morgan fingerprint density at radius 3 is 2.25 bits per heavy atom. The largest absolute Gasteiger partial charge is 0.355 e. The van der Waals surface area contributed by atoms with Crippen LogP contribution in [0.1, 0.15) is 37.1 Å². The summed E-state index contributed by atoms with van der Waals surface area (Å²) < 4.78 is 0. The molecule has 0 bridgehead atoms. The minimum Gasteiger partial charge on any atom is -0.355 e.